The molecular formula is C17H24N6O3S. The molecule has 1 saturated heterocycles. The molecule has 2 aromatic heterocycles. The molecule has 146 valence electrons. The largest absolute Gasteiger partial charge is 0.335 e. The first kappa shape index (κ1) is 18.3. The molecule has 0 spiro atoms. The standard InChI is InChI=1S/C17H24N6O3S/c24-17-11-14-3-1-2-4-15(14)20-23(17)10-7-21-5-8-22(9-6-21)27(25,26)16-12-18-13-19-16/h11-13H,1-10H2,(H,18,19). The minimum absolute atomic E-state index is 0.0453. The topological polar surface area (TPSA) is 104 Å². The molecule has 9 nitrogen and oxygen atoms in total. The van der Waals surface area contributed by atoms with Crippen LogP contribution in [-0.4, -0.2) is 70.1 Å². The monoisotopic (exact) mass is 392 g/mol. The van der Waals surface area contributed by atoms with Gasteiger partial charge in [-0.15, -0.1) is 0 Å². The number of H-pyrrole nitrogens is 1. The van der Waals surface area contributed by atoms with E-state index in [4.69, 9.17) is 0 Å². The molecule has 1 aliphatic carbocycles. The zero-order chi connectivity index (χ0) is 18.9. The Morgan fingerprint density at radius 3 is 2.59 bits per heavy atom. The van der Waals surface area contributed by atoms with E-state index in [-0.39, 0.29) is 10.6 Å². The van der Waals surface area contributed by atoms with Gasteiger partial charge in [-0.1, -0.05) is 0 Å². The lowest BCUT2D eigenvalue weighted by Gasteiger charge is -2.33. The van der Waals surface area contributed by atoms with Crippen LogP contribution in [0, 0.1) is 0 Å². The van der Waals surface area contributed by atoms with Crippen LogP contribution < -0.4 is 5.56 Å². The number of aromatic nitrogens is 4. The summed E-state index contributed by atoms with van der Waals surface area (Å²) in [4.78, 5) is 20.9. The molecule has 0 bridgehead atoms. The number of fused-ring (bicyclic) bond motifs is 1. The Morgan fingerprint density at radius 2 is 1.85 bits per heavy atom. The van der Waals surface area contributed by atoms with Gasteiger partial charge in [-0.05, 0) is 31.2 Å². The number of imidazole rings is 1. The van der Waals surface area contributed by atoms with Gasteiger partial charge in [-0.25, -0.2) is 18.1 Å². The second-order valence-electron chi connectivity index (χ2n) is 7.05. The van der Waals surface area contributed by atoms with Gasteiger partial charge in [-0.2, -0.15) is 9.40 Å². The number of hydrogen-bond acceptors (Lipinski definition) is 6. The Balaban J connectivity index is 1.34. The molecule has 0 amide bonds. The summed E-state index contributed by atoms with van der Waals surface area (Å²) in [5.74, 6) is 0. The minimum Gasteiger partial charge on any atom is -0.335 e. The number of piperazine rings is 1. The SMILES string of the molecule is O=c1cc2c(nn1CCN1CCN(S(=O)(=O)c3cnc[nH]3)CC1)CCCC2. The van der Waals surface area contributed by atoms with Crippen molar-refractivity contribution in [1.82, 2.24) is 29.0 Å². The van der Waals surface area contributed by atoms with Gasteiger partial charge in [0.05, 0.1) is 24.8 Å². The number of sulfonamides is 1. The molecule has 1 N–H and O–H groups in total. The molecule has 1 aliphatic heterocycles. The average Bonchev–Trinajstić information content (AvgIpc) is 3.22. The summed E-state index contributed by atoms with van der Waals surface area (Å²) in [7, 11) is -3.51. The third-order valence-corrected chi connectivity index (χ3v) is 7.15. The van der Waals surface area contributed by atoms with E-state index >= 15 is 0 Å². The van der Waals surface area contributed by atoms with Crippen molar-refractivity contribution < 1.29 is 8.42 Å². The molecule has 3 heterocycles. The van der Waals surface area contributed by atoms with Crippen molar-refractivity contribution in [2.45, 2.75) is 37.3 Å². The summed E-state index contributed by atoms with van der Waals surface area (Å²) in [6.45, 7) is 3.32. The van der Waals surface area contributed by atoms with Gasteiger partial charge in [0.2, 0.25) is 0 Å². The second kappa shape index (κ2) is 7.53. The Kier molecular flexibility index (Phi) is 5.11. The van der Waals surface area contributed by atoms with Crippen LogP contribution in [-0.2, 0) is 29.4 Å². The molecule has 0 aromatic carbocycles. The van der Waals surface area contributed by atoms with Gasteiger partial charge in [0.15, 0.2) is 5.03 Å². The normalized spacial score (nSPS) is 19.1. The second-order valence-corrected chi connectivity index (χ2v) is 8.95. The molecule has 0 radical (unpaired) electrons. The first-order chi connectivity index (χ1) is 13.0. The van der Waals surface area contributed by atoms with Gasteiger partial charge in [0.25, 0.3) is 15.6 Å². The summed E-state index contributed by atoms with van der Waals surface area (Å²) in [5.41, 5.74) is 2.10. The molecule has 2 aromatic rings. The molecule has 1 fully saturated rings. The number of rotatable bonds is 5. The van der Waals surface area contributed by atoms with Crippen LogP contribution in [0.5, 0.6) is 0 Å². The lowest BCUT2D eigenvalue weighted by atomic mass is 9.97. The fourth-order valence-corrected chi connectivity index (χ4v) is 5.03. The first-order valence-corrected chi connectivity index (χ1v) is 10.8. The van der Waals surface area contributed by atoms with Crippen molar-refractivity contribution in [2.24, 2.45) is 0 Å². The predicted octanol–water partition coefficient (Wildman–Crippen LogP) is -0.148. The van der Waals surface area contributed by atoms with E-state index in [0.29, 0.717) is 39.3 Å². The molecule has 4 rings (SSSR count). The third kappa shape index (κ3) is 3.83. The smallest absolute Gasteiger partial charge is 0.267 e. The summed E-state index contributed by atoms with van der Waals surface area (Å²) in [6, 6.07) is 1.73. The molecule has 0 atom stereocenters. The highest BCUT2D eigenvalue weighted by molar-refractivity contribution is 7.89. The quantitative estimate of drug-likeness (QED) is 0.759. The lowest BCUT2D eigenvalue weighted by Crippen LogP contribution is -2.49. The Bertz CT molecular complexity index is 946. The van der Waals surface area contributed by atoms with Crippen molar-refractivity contribution in [3.05, 3.63) is 40.2 Å². The summed E-state index contributed by atoms with van der Waals surface area (Å²) >= 11 is 0. The highest BCUT2D eigenvalue weighted by Gasteiger charge is 2.29. The van der Waals surface area contributed by atoms with Crippen LogP contribution >= 0.6 is 0 Å². The number of nitrogens with zero attached hydrogens (tertiary/aromatic N) is 5. The van der Waals surface area contributed by atoms with Crippen LogP contribution in [0.15, 0.2) is 28.4 Å². The number of nitrogens with one attached hydrogen (secondary N) is 1. The molecule has 0 unspecified atom stereocenters. The molecule has 0 saturated carbocycles. The maximum atomic E-state index is 12.5. The summed E-state index contributed by atoms with van der Waals surface area (Å²) in [6.07, 6.45) is 6.85. The number of aromatic amines is 1. The van der Waals surface area contributed by atoms with Crippen LogP contribution in [0.4, 0.5) is 0 Å². The maximum Gasteiger partial charge on any atom is 0.267 e. The number of hydrogen-bond donors (Lipinski definition) is 1. The van der Waals surface area contributed by atoms with E-state index in [2.05, 4.69) is 20.0 Å². The van der Waals surface area contributed by atoms with Gasteiger partial charge in [-0.3, -0.25) is 9.69 Å². The zero-order valence-corrected chi connectivity index (χ0v) is 16.0. The highest BCUT2D eigenvalue weighted by atomic mass is 32.2. The highest BCUT2D eigenvalue weighted by Crippen LogP contribution is 2.17. The van der Waals surface area contributed by atoms with Crippen LogP contribution in [0.2, 0.25) is 0 Å². The van der Waals surface area contributed by atoms with E-state index in [0.717, 1.165) is 36.9 Å². The average molecular weight is 392 g/mol. The van der Waals surface area contributed by atoms with E-state index in [1.54, 1.807) is 10.7 Å². The van der Waals surface area contributed by atoms with Crippen LogP contribution in [0.1, 0.15) is 24.1 Å². The van der Waals surface area contributed by atoms with E-state index in [1.807, 2.05) is 0 Å². The lowest BCUT2D eigenvalue weighted by molar-refractivity contribution is 0.179. The predicted molar refractivity (Wildman–Crippen MR) is 98.9 cm³/mol. The first-order valence-electron chi connectivity index (χ1n) is 9.35. The van der Waals surface area contributed by atoms with E-state index < -0.39 is 10.0 Å². The van der Waals surface area contributed by atoms with Crippen LogP contribution in [0.25, 0.3) is 0 Å². The summed E-state index contributed by atoms with van der Waals surface area (Å²) < 4.78 is 28.0. The number of aryl methyl sites for hydroxylation is 2. The van der Waals surface area contributed by atoms with Gasteiger partial charge in [0.1, 0.15) is 0 Å². The van der Waals surface area contributed by atoms with E-state index in [1.165, 1.54) is 16.8 Å². The molecule has 27 heavy (non-hydrogen) atoms. The maximum absolute atomic E-state index is 12.5. The third-order valence-electron chi connectivity index (χ3n) is 5.32. The van der Waals surface area contributed by atoms with Crippen molar-refractivity contribution >= 4 is 10.0 Å². The van der Waals surface area contributed by atoms with Crippen LogP contribution in [0.3, 0.4) is 0 Å². The van der Waals surface area contributed by atoms with Crippen molar-refractivity contribution in [3.63, 3.8) is 0 Å². The van der Waals surface area contributed by atoms with Crippen molar-refractivity contribution in [3.8, 4) is 0 Å². The van der Waals surface area contributed by atoms with Gasteiger partial charge < -0.3 is 4.98 Å². The van der Waals surface area contributed by atoms with Crippen molar-refractivity contribution in [2.75, 3.05) is 32.7 Å². The molecule has 10 heteroatoms. The molecular weight excluding hydrogens is 368 g/mol. The van der Waals surface area contributed by atoms with E-state index in [9.17, 15) is 13.2 Å². The Labute approximate surface area is 158 Å². The summed E-state index contributed by atoms with van der Waals surface area (Å²) in [5, 5.41) is 4.67. The Hall–Kier alpha value is -2.04. The van der Waals surface area contributed by atoms with Crippen molar-refractivity contribution in [1.29, 1.82) is 0 Å². The van der Waals surface area contributed by atoms with Gasteiger partial charge in [0, 0.05) is 38.8 Å². The van der Waals surface area contributed by atoms with Gasteiger partial charge >= 0.3 is 0 Å². The minimum atomic E-state index is -3.51. The fraction of sp³-hybridized carbons (Fsp3) is 0.588. The fourth-order valence-electron chi connectivity index (χ4n) is 3.71. The zero-order valence-electron chi connectivity index (χ0n) is 15.2. The molecule has 2 aliphatic rings. The Morgan fingerprint density at radius 1 is 1.07 bits per heavy atom.